The summed E-state index contributed by atoms with van der Waals surface area (Å²) in [5.74, 6) is -0.602. The van der Waals surface area contributed by atoms with Gasteiger partial charge in [-0.05, 0) is 28.5 Å². The summed E-state index contributed by atoms with van der Waals surface area (Å²) in [7, 11) is 0. The molecule has 7 heteroatoms. The first-order valence-corrected chi connectivity index (χ1v) is 9.14. The molecule has 3 aromatic rings. The molecule has 6 nitrogen and oxygen atoms in total. The van der Waals surface area contributed by atoms with E-state index in [4.69, 9.17) is 10.5 Å². The van der Waals surface area contributed by atoms with Gasteiger partial charge in [0.2, 0.25) is 0 Å². The maximum Gasteiger partial charge on any atom is 0.254 e. The molecule has 1 saturated heterocycles. The number of hydrogen-bond donors (Lipinski definition) is 1. The lowest BCUT2D eigenvalue weighted by atomic mass is 9.99. The number of benzene rings is 2. The maximum atomic E-state index is 12.8. The van der Waals surface area contributed by atoms with Gasteiger partial charge in [0.25, 0.3) is 11.8 Å². The lowest BCUT2D eigenvalue weighted by Crippen LogP contribution is -2.43. The van der Waals surface area contributed by atoms with E-state index in [2.05, 4.69) is 11.1 Å². The van der Waals surface area contributed by atoms with Crippen molar-refractivity contribution in [3.05, 3.63) is 53.0 Å². The zero-order chi connectivity index (χ0) is 17.9. The van der Waals surface area contributed by atoms with E-state index >= 15 is 0 Å². The number of carbonyl (C=O) groups excluding carboxylic acids is 2. The number of carbonyl (C=O) groups is 2. The van der Waals surface area contributed by atoms with Crippen LogP contribution >= 0.6 is 11.3 Å². The molecule has 26 heavy (non-hydrogen) atoms. The Morgan fingerprint density at radius 1 is 1.35 bits per heavy atom. The Bertz CT molecular complexity index is 1060. The van der Waals surface area contributed by atoms with Crippen molar-refractivity contribution in [1.29, 1.82) is 0 Å². The van der Waals surface area contributed by atoms with E-state index in [1.165, 1.54) is 0 Å². The molecule has 2 aliphatic heterocycles. The van der Waals surface area contributed by atoms with Gasteiger partial charge in [-0.2, -0.15) is 0 Å². The minimum Gasteiger partial charge on any atom is -0.367 e. The van der Waals surface area contributed by atoms with E-state index in [1.54, 1.807) is 22.4 Å². The molecule has 0 spiro atoms. The number of fused-ring (bicyclic) bond motifs is 3. The Hall–Kier alpha value is -2.77. The second-order valence-corrected chi connectivity index (χ2v) is 7.57. The van der Waals surface area contributed by atoms with Gasteiger partial charge in [0.15, 0.2) is 5.60 Å². The van der Waals surface area contributed by atoms with Crippen LogP contribution in [0.25, 0.3) is 21.3 Å². The number of epoxide rings is 1. The standard InChI is InChI=1S/C19H15N3O3S/c20-18(24)19(10-25-19)9-22-8-15-13(17(22)23)4-3-11-1-2-12(7-14(11)15)16-21-5-6-26-16/h1-7H,8-10H2,(H2,20,24). The molecule has 2 amide bonds. The largest absolute Gasteiger partial charge is 0.367 e. The Kier molecular flexibility index (Phi) is 3.19. The Morgan fingerprint density at radius 3 is 2.85 bits per heavy atom. The number of hydrogen-bond acceptors (Lipinski definition) is 5. The predicted molar refractivity (Wildman–Crippen MR) is 97.7 cm³/mol. The zero-order valence-electron chi connectivity index (χ0n) is 13.8. The van der Waals surface area contributed by atoms with Crippen molar-refractivity contribution in [1.82, 2.24) is 9.88 Å². The van der Waals surface area contributed by atoms with E-state index in [0.29, 0.717) is 12.1 Å². The lowest BCUT2D eigenvalue weighted by Gasteiger charge is -2.18. The average molecular weight is 365 g/mol. The lowest BCUT2D eigenvalue weighted by molar-refractivity contribution is -0.123. The summed E-state index contributed by atoms with van der Waals surface area (Å²) in [4.78, 5) is 30.4. The molecule has 2 N–H and O–H groups in total. The molecule has 1 unspecified atom stereocenters. The van der Waals surface area contributed by atoms with E-state index in [-0.39, 0.29) is 19.1 Å². The SMILES string of the molecule is NC(=O)C1(CN2Cc3c(ccc4ccc(-c5nccs5)cc34)C2=O)CO1. The van der Waals surface area contributed by atoms with Gasteiger partial charge >= 0.3 is 0 Å². The zero-order valence-corrected chi connectivity index (χ0v) is 14.6. The first-order chi connectivity index (χ1) is 12.6. The van der Waals surface area contributed by atoms with Crippen LogP contribution in [-0.2, 0) is 16.1 Å². The van der Waals surface area contributed by atoms with Gasteiger partial charge in [-0.3, -0.25) is 9.59 Å². The van der Waals surface area contributed by atoms with Crippen LogP contribution in [0.4, 0.5) is 0 Å². The molecular weight excluding hydrogens is 350 g/mol. The third kappa shape index (κ3) is 2.24. The van der Waals surface area contributed by atoms with Crippen LogP contribution < -0.4 is 5.73 Å². The molecule has 0 radical (unpaired) electrons. The third-order valence-electron chi connectivity index (χ3n) is 5.07. The Balaban J connectivity index is 1.56. The number of primary amides is 1. The molecule has 1 atom stereocenters. The fraction of sp³-hybridized carbons (Fsp3) is 0.211. The molecule has 1 aromatic heterocycles. The van der Waals surface area contributed by atoms with E-state index in [0.717, 1.165) is 26.9 Å². The smallest absolute Gasteiger partial charge is 0.254 e. The summed E-state index contributed by atoms with van der Waals surface area (Å²) in [6, 6.07) is 9.99. The normalized spacial score (nSPS) is 21.2. The first-order valence-electron chi connectivity index (χ1n) is 8.26. The van der Waals surface area contributed by atoms with E-state index in [9.17, 15) is 9.59 Å². The minimum atomic E-state index is -1.01. The molecular formula is C19H15N3O3S. The molecule has 5 rings (SSSR count). The van der Waals surface area contributed by atoms with Gasteiger partial charge in [0.1, 0.15) is 5.01 Å². The van der Waals surface area contributed by atoms with Crippen molar-refractivity contribution in [2.24, 2.45) is 5.73 Å². The van der Waals surface area contributed by atoms with Crippen molar-refractivity contribution < 1.29 is 14.3 Å². The molecule has 2 aliphatic rings. The highest BCUT2D eigenvalue weighted by molar-refractivity contribution is 7.13. The number of ether oxygens (including phenoxy) is 1. The van der Waals surface area contributed by atoms with Gasteiger partial charge in [-0.25, -0.2) is 4.98 Å². The van der Waals surface area contributed by atoms with Crippen molar-refractivity contribution >= 4 is 33.9 Å². The summed E-state index contributed by atoms with van der Waals surface area (Å²) in [5, 5.41) is 5.01. The highest BCUT2D eigenvalue weighted by atomic mass is 32.1. The highest BCUT2D eigenvalue weighted by Gasteiger charge is 2.53. The van der Waals surface area contributed by atoms with Crippen LogP contribution in [0.5, 0.6) is 0 Å². The highest BCUT2D eigenvalue weighted by Crippen LogP contribution is 2.36. The number of thiazole rings is 1. The fourth-order valence-electron chi connectivity index (χ4n) is 3.52. The molecule has 0 aliphatic carbocycles. The van der Waals surface area contributed by atoms with Crippen molar-refractivity contribution in [3.8, 4) is 10.6 Å². The second kappa shape index (κ2) is 5.36. The van der Waals surface area contributed by atoms with Crippen molar-refractivity contribution in [2.75, 3.05) is 13.2 Å². The maximum absolute atomic E-state index is 12.8. The molecule has 3 heterocycles. The minimum absolute atomic E-state index is 0.0855. The quantitative estimate of drug-likeness (QED) is 0.718. The van der Waals surface area contributed by atoms with Crippen LogP contribution in [0, 0.1) is 0 Å². The van der Waals surface area contributed by atoms with E-state index < -0.39 is 11.5 Å². The number of nitrogens with two attached hydrogens (primary N) is 1. The van der Waals surface area contributed by atoms with Crippen LogP contribution in [0.3, 0.4) is 0 Å². The number of aromatic nitrogens is 1. The first kappa shape index (κ1) is 15.5. The van der Waals surface area contributed by atoms with E-state index in [1.807, 2.05) is 29.6 Å². The van der Waals surface area contributed by atoms with Gasteiger partial charge in [0, 0.05) is 29.2 Å². The molecule has 0 saturated carbocycles. The summed E-state index contributed by atoms with van der Waals surface area (Å²) in [5.41, 5.74) is 7.09. The molecule has 130 valence electrons. The summed E-state index contributed by atoms with van der Waals surface area (Å²) in [6.45, 7) is 0.923. The Morgan fingerprint density at radius 2 is 2.15 bits per heavy atom. The number of nitrogens with zero attached hydrogens (tertiary/aromatic N) is 2. The Labute approximate surface area is 153 Å². The monoisotopic (exact) mass is 365 g/mol. The summed E-state index contributed by atoms with van der Waals surface area (Å²) in [6.07, 6.45) is 1.78. The fourth-order valence-corrected chi connectivity index (χ4v) is 4.15. The number of rotatable bonds is 4. The molecule has 1 fully saturated rings. The van der Waals surface area contributed by atoms with Crippen LogP contribution in [0.15, 0.2) is 41.9 Å². The van der Waals surface area contributed by atoms with Gasteiger partial charge in [0.05, 0.1) is 13.2 Å². The van der Waals surface area contributed by atoms with Gasteiger partial charge in [-0.1, -0.05) is 18.2 Å². The van der Waals surface area contributed by atoms with Crippen LogP contribution in [0.1, 0.15) is 15.9 Å². The number of amides is 2. The summed E-state index contributed by atoms with van der Waals surface area (Å²) < 4.78 is 5.25. The average Bonchev–Trinajstić information content (AvgIpc) is 3.10. The van der Waals surface area contributed by atoms with Crippen molar-refractivity contribution in [2.45, 2.75) is 12.1 Å². The predicted octanol–water partition coefficient (Wildman–Crippen LogP) is 2.17. The summed E-state index contributed by atoms with van der Waals surface area (Å²) >= 11 is 1.58. The van der Waals surface area contributed by atoms with Gasteiger partial charge < -0.3 is 15.4 Å². The van der Waals surface area contributed by atoms with Gasteiger partial charge in [-0.15, -0.1) is 11.3 Å². The van der Waals surface area contributed by atoms with Crippen molar-refractivity contribution in [3.63, 3.8) is 0 Å². The molecule has 0 bridgehead atoms. The molecule has 2 aromatic carbocycles. The second-order valence-electron chi connectivity index (χ2n) is 6.67. The topological polar surface area (TPSA) is 88.8 Å². The van der Waals surface area contributed by atoms with Crippen LogP contribution in [-0.4, -0.2) is 40.5 Å². The third-order valence-corrected chi connectivity index (χ3v) is 5.89. The van der Waals surface area contributed by atoms with Crippen LogP contribution in [0.2, 0.25) is 0 Å².